The lowest BCUT2D eigenvalue weighted by Gasteiger charge is -2.18. The average molecular weight is 883 g/mol. The first-order valence-electron chi connectivity index (χ1n) is 25.2. The predicted molar refractivity (Wildman–Crippen MR) is 274 cm³/mol. The van der Waals surface area contributed by atoms with E-state index in [2.05, 4.69) is 154 Å². The summed E-state index contributed by atoms with van der Waals surface area (Å²) in [7, 11) is 0. The molecule has 1 atom stereocenters. The standard InChI is InChI=1S/C58H90O6/c1-4-7-10-13-16-19-22-24-26-28-29-31-32-34-36-39-42-45-48-51-57(60)63-54-55(53-62-56(59)50-47-44-41-38-21-18-15-12-9-6-3)64-58(61)52-49-46-43-40-37-35-33-30-27-25-23-20-17-14-11-8-5-2/h7-8,10-12,15-17,19-20,24-27,29,31,33-36,40,43,55H,4-6,9,13-14,18,21-23,28,30,32,37-39,41-42,44-54H2,1-3H3/b10-7-,11-8-,15-12-,19-16-,20-17-,26-24-,27-25-,31-29-,35-33-,36-34-,43-40-. The Balaban J connectivity index is 4.54. The van der Waals surface area contributed by atoms with E-state index in [1.165, 1.54) is 12.8 Å². The van der Waals surface area contributed by atoms with E-state index < -0.39 is 6.10 Å². The molecule has 0 rings (SSSR count). The maximum atomic E-state index is 12.8. The van der Waals surface area contributed by atoms with Crippen molar-refractivity contribution in [3.8, 4) is 0 Å². The summed E-state index contributed by atoms with van der Waals surface area (Å²) in [5.74, 6) is -1.04. The van der Waals surface area contributed by atoms with Gasteiger partial charge in [-0.05, 0) is 122 Å². The van der Waals surface area contributed by atoms with Gasteiger partial charge in [-0.2, -0.15) is 0 Å². The van der Waals surface area contributed by atoms with Crippen molar-refractivity contribution in [1.82, 2.24) is 0 Å². The smallest absolute Gasteiger partial charge is 0.306 e. The molecule has 358 valence electrons. The molecule has 0 aliphatic heterocycles. The number of ether oxygens (including phenoxy) is 3. The van der Waals surface area contributed by atoms with Gasteiger partial charge >= 0.3 is 17.9 Å². The summed E-state index contributed by atoms with van der Waals surface area (Å²) in [6.45, 7) is 6.23. The van der Waals surface area contributed by atoms with Gasteiger partial charge in [0, 0.05) is 19.3 Å². The zero-order chi connectivity index (χ0) is 46.5. The van der Waals surface area contributed by atoms with Crippen LogP contribution < -0.4 is 0 Å². The minimum absolute atomic E-state index is 0.121. The minimum Gasteiger partial charge on any atom is -0.462 e. The van der Waals surface area contributed by atoms with Gasteiger partial charge in [0.15, 0.2) is 6.10 Å². The van der Waals surface area contributed by atoms with E-state index in [0.29, 0.717) is 19.3 Å². The van der Waals surface area contributed by atoms with E-state index in [1.54, 1.807) is 0 Å². The van der Waals surface area contributed by atoms with Crippen LogP contribution in [0, 0.1) is 0 Å². The molecule has 0 aromatic rings. The second-order valence-corrected chi connectivity index (χ2v) is 16.0. The van der Waals surface area contributed by atoms with Crippen molar-refractivity contribution in [1.29, 1.82) is 0 Å². The van der Waals surface area contributed by atoms with Gasteiger partial charge in [-0.3, -0.25) is 14.4 Å². The van der Waals surface area contributed by atoms with Crippen molar-refractivity contribution in [2.45, 2.75) is 200 Å². The number of esters is 3. The Hall–Kier alpha value is -4.45. The van der Waals surface area contributed by atoms with Crippen LogP contribution in [0.2, 0.25) is 0 Å². The lowest BCUT2D eigenvalue weighted by molar-refractivity contribution is -0.167. The summed E-state index contributed by atoms with van der Waals surface area (Å²) >= 11 is 0. The molecule has 0 fully saturated rings. The molecule has 0 bridgehead atoms. The van der Waals surface area contributed by atoms with Gasteiger partial charge in [-0.1, -0.05) is 187 Å². The van der Waals surface area contributed by atoms with E-state index in [1.807, 2.05) is 0 Å². The van der Waals surface area contributed by atoms with Crippen molar-refractivity contribution in [3.05, 3.63) is 134 Å². The Morgan fingerprint density at radius 1 is 0.328 bits per heavy atom. The second-order valence-electron chi connectivity index (χ2n) is 16.0. The second kappa shape index (κ2) is 51.2. The molecular weight excluding hydrogens is 793 g/mol. The molecule has 0 spiro atoms. The Kier molecular flexibility index (Phi) is 47.6. The van der Waals surface area contributed by atoms with Crippen molar-refractivity contribution < 1.29 is 28.6 Å². The van der Waals surface area contributed by atoms with Crippen LogP contribution in [0.25, 0.3) is 0 Å². The van der Waals surface area contributed by atoms with Gasteiger partial charge in [-0.15, -0.1) is 0 Å². The Morgan fingerprint density at radius 3 is 1.03 bits per heavy atom. The topological polar surface area (TPSA) is 78.9 Å². The molecule has 0 N–H and O–H groups in total. The zero-order valence-corrected chi connectivity index (χ0v) is 40.7. The highest BCUT2D eigenvalue weighted by Crippen LogP contribution is 2.11. The van der Waals surface area contributed by atoms with Crippen molar-refractivity contribution >= 4 is 17.9 Å². The maximum Gasteiger partial charge on any atom is 0.306 e. The van der Waals surface area contributed by atoms with Crippen molar-refractivity contribution in [2.24, 2.45) is 0 Å². The highest BCUT2D eigenvalue weighted by atomic mass is 16.6. The van der Waals surface area contributed by atoms with E-state index in [4.69, 9.17) is 14.2 Å². The molecular formula is C58H90O6. The summed E-state index contributed by atoms with van der Waals surface area (Å²) in [6.07, 6.45) is 71.6. The molecule has 0 aliphatic carbocycles. The van der Waals surface area contributed by atoms with Crippen LogP contribution in [0.15, 0.2) is 134 Å². The van der Waals surface area contributed by atoms with Gasteiger partial charge in [-0.25, -0.2) is 0 Å². The maximum absolute atomic E-state index is 12.8. The normalized spacial score (nSPS) is 13.2. The summed E-state index contributed by atoms with van der Waals surface area (Å²) < 4.78 is 16.7. The number of carbonyl (C=O) groups is 3. The van der Waals surface area contributed by atoms with Crippen molar-refractivity contribution in [2.75, 3.05) is 13.2 Å². The van der Waals surface area contributed by atoms with Crippen LogP contribution >= 0.6 is 0 Å². The molecule has 0 radical (unpaired) electrons. The Labute approximate surface area is 392 Å². The largest absolute Gasteiger partial charge is 0.462 e. The lowest BCUT2D eigenvalue weighted by Crippen LogP contribution is -2.30. The fraction of sp³-hybridized carbons (Fsp3) is 0.569. The number of rotatable bonds is 43. The number of unbranched alkanes of at least 4 members (excludes halogenated alkanes) is 10. The number of hydrogen-bond acceptors (Lipinski definition) is 6. The first-order valence-corrected chi connectivity index (χ1v) is 25.2. The molecule has 6 nitrogen and oxygen atoms in total. The monoisotopic (exact) mass is 883 g/mol. The fourth-order valence-corrected chi connectivity index (χ4v) is 6.15. The fourth-order valence-electron chi connectivity index (χ4n) is 6.15. The first-order chi connectivity index (χ1) is 31.5. The van der Waals surface area contributed by atoms with Crippen LogP contribution in [0.1, 0.15) is 194 Å². The molecule has 0 aromatic carbocycles. The van der Waals surface area contributed by atoms with Crippen LogP contribution in [0.5, 0.6) is 0 Å². The average Bonchev–Trinajstić information content (AvgIpc) is 3.29. The van der Waals surface area contributed by atoms with Gasteiger partial charge in [0.05, 0.1) is 0 Å². The Bertz CT molecular complexity index is 1430. The third-order valence-electron chi connectivity index (χ3n) is 9.85. The molecule has 0 aromatic heterocycles. The van der Waals surface area contributed by atoms with Gasteiger partial charge < -0.3 is 14.2 Å². The van der Waals surface area contributed by atoms with Crippen LogP contribution in [-0.2, 0) is 28.6 Å². The van der Waals surface area contributed by atoms with Crippen molar-refractivity contribution in [3.63, 3.8) is 0 Å². The van der Waals surface area contributed by atoms with Gasteiger partial charge in [0.2, 0.25) is 0 Å². The number of hydrogen-bond donors (Lipinski definition) is 0. The SMILES string of the molecule is CC/C=C\C/C=C\C/C=C\C/C=C\C/C=C\CCCCCC(=O)OCC(COC(=O)CCCCCCC/C=C\CCC)OC(=O)CCC/C=C\C/C=C\C/C=C\C/C=C\C/C=C\CC. The summed E-state index contributed by atoms with van der Waals surface area (Å²) in [5, 5.41) is 0. The molecule has 0 aliphatic rings. The summed E-state index contributed by atoms with van der Waals surface area (Å²) in [4.78, 5) is 37.9. The highest BCUT2D eigenvalue weighted by Gasteiger charge is 2.19. The number of carbonyl (C=O) groups excluding carboxylic acids is 3. The highest BCUT2D eigenvalue weighted by molar-refractivity contribution is 5.71. The minimum atomic E-state index is -0.829. The van der Waals surface area contributed by atoms with Gasteiger partial charge in [0.1, 0.15) is 13.2 Å². The zero-order valence-electron chi connectivity index (χ0n) is 40.7. The third kappa shape index (κ3) is 48.6. The van der Waals surface area contributed by atoms with E-state index in [-0.39, 0.29) is 37.5 Å². The lowest BCUT2D eigenvalue weighted by atomic mass is 10.1. The molecule has 1 unspecified atom stereocenters. The summed E-state index contributed by atoms with van der Waals surface area (Å²) in [6, 6.07) is 0. The molecule has 0 saturated heterocycles. The molecule has 6 heteroatoms. The first kappa shape index (κ1) is 59.5. The van der Waals surface area contributed by atoms with Crippen LogP contribution in [0.3, 0.4) is 0 Å². The van der Waals surface area contributed by atoms with Gasteiger partial charge in [0.25, 0.3) is 0 Å². The summed E-state index contributed by atoms with van der Waals surface area (Å²) in [5.41, 5.74) is 0. The van der Waals surface area contributed by atoms with Crippen LogP contribution in [0.4, 0.5) is 0 Å². The third-order valence-corrected chi connectivity index (χ3v) is 9.85. The van der Waals surface area contributed by atoms with E-state index in [0.717, 1.165) is 135 Å². The molecule has 0 saturated carbocycles. The van der Waals surface area contributed by atoms with Crippen LogP contribution in [-0.4, -0.2) is 37.2 Å². The van der Waals surface area contributed by atoms with E-state index in [9.17, 15) is 14.4 Å². The van der Waals surface area contributed by atoms with E-state index >= 15 is 0 Å². The Morgan fingerprint density at radius 2 is 0.625 bits per heavy atom. The quantitative estimate of drug-likeness (QED) is 0.0263. The molecule has 0 heterocycles. The number of allylic oxidation sites excluding steroid dienone is 22. The molecule has 64 heavy (non-hydrogen) atoms. The molecule has 0 amide bonds. The predicted octanol–water partition coefficient (Wildman–Crippen LogP) is 16.7.